The summed E-state index contributed by atoms with van der Waals surface area (Å²) in [5, 5.41) is -0.185. The van der Waals surface area contributed by atoms with Crippen molar-refractivity contribution >= 4 is 20.4 Å². The third-order valence-corrected chi connectivity index (χ3v) is 12.5. The predicted molar refractivity (Wildman–Crippen MR) is 165 cm³/mol. The zero-order valence-electron chi connectivity index (χ0n) is 25.5. The second-order valence-electron chi connectivity index (χ2n) is 12.2. The van der Waals surface area contributed by atoms with Crippen molar-refractivity contribution < 1.29 is 28.2 Å². The maximum Gasteiger partial charge on any atom is 0.410 e. The van der Waals surface area contributed by atoms with Crippen LogP contribution in [-0.2, 0) is 30.0 Å². The molecule has 1 saturated heterocycles. The van der Waals surface area contributed by atoms with Gasteiger partial charge in [-0.05, 0) is 41.7 Å². The Hall–Kier alpha value is -3.46. The molecule has 0 aromatic heterocycles. The third-order valence-electron chi connectivity index (χ3n) is 8.05. The lowest BCUT2D eigenvalue weighted by Crippen LogP contribution is -2.62. The number of rotatable bonds is 9. The van der Waals surface area contributed by atoms with E-state index in [2.05, 4.69) is 33.9 Å². The first-order valence-electron chi connectivity index (χ1n) is 14.6. The minimum absolute atomic E-state index is 0.00512. The molecule has 8 heteroatoms. The van der Waals surface area contributed by atoms with Crippen molar-refractivity contribution in [2.24, 2.45) is 0 Å². The van der Waals surface area contributed by atoms with Crippen LogP contribution < -0.4 is 0 Å². The standard InChI is InChI=1S/C34H43NO6Si/c1-7-38-29(36)23-34(41-42(5,6)33(2,3)4)25-35(32(37)39-24-26-17-11-8-12-18-26)30(27-19-13-9-14-20-27)31(40-34)28-21-15-10-16-22-28/h8-22,30-31H,7,23-25H2,1-6H3/t30-,31+,34-/m1/s1. The molecule has 0 saturated carbocycles. The lowest BCUT2D eigenvalue weighted by Gasteiger charge is -2.53. The maximum atomic E-state index is 14.1. The molecule has 0 spiro atoms. The Morgan fingerprint density at radius 3 is 1.98 bits per heavy atom. The van der Waals surface area contributed by atoms with Crippen molar-refractivity contribution in [2.75, 3.05) is 13.2 Å². The highest BCUT2D eigenvalue weighted by molar-refractivity contribution is 6.74. The Morgan fingerprint density at radius 2 is 1.43 bits per heavy atom. The van der Waals surface area contributed by atoms with Crippen LogP contribution in [0.5, 0.6) is 0 Å². The molecule has 0 N–H and O–H groups in total. The first-order valence-corrected chi connectivity index (χ1v) is 17.5. The van der Waals surface area contributed by atoms with Gasteiger partial charge in [0.15, 0.2) is 14.1 Å². The molecule has 0 bridgehead atoms. The van der Waals surface area contributed by atoms with E-state index in [0.717, 1.165) is 16.7 Å². The summed E-state index contributed by atoms with van der Waals surface area (Å²) in [6, 6.07) is 28.6. The molecule has 3 aromatic carbocycles. The monoisotopic (exact) mass is 589 g/mol. The topological polar surface area (TPSA) is 74.3 Å². The minimum Gasteiger partial charge on any atom is -0.466 e. The van der Waals surface area contributed by atoms with Crippen molar-refractivity contribution in [1.29, 1.82) is 0 Å². The van der Waals surface area contributed by atoms with Gasteiger partial charge in [0.05, 0.1) is 19.2 Å². The lowest BCUT2D eigenvalue weighted by atomic mass is 9.91. The molecule has 4 rings (SSSR count). The molecule has 224 valence electrons. The Bertz CT molecular complexity index is 1310. The van der Waals surface area contributed by atoms with Crippen LogP contribution in [0.2, 0.25) is 18.1 Å². The Labute approximate surface area is 250 Å². The quantitative estimate of drug-likeness (QED) is 0.187. The van der Waals surface area contributed by atoms with Crippen LogP contribution in [-0.4, -0.2) is 44.2 Å². The number of hydrogen-bond donors (Lipinski definition) is 0. The molecular formula is C34H43NO6Si. The van der Waals surface area contributed by atoms with Crippen molar-refractivity contribution in [3.8, 4) is 0 Å². The molecule has 0 unspecified atom stereocenters. The number of benzene rings is 3. The molecule has 1 aliphatic rings. The lowest BCUT2D eigenvalue weighted by molar-refractivity contribution is -0.275. The highest BCUT2D eigenvalue weighted by atomic mass is 28.4. The molecule has 1 heterocycles. The third kappa shape index (κ3) is 7.48. The first-order chi connectivity index (χ1) is 19.9. The summed E-state index contributed by atoms with van der Waals surface area (Å²) in [5.41, 5.74) is 2.63. The van der Waals surface area contributed by atoms with Crippen LogP contribution in [0.1, 0.15) is 63.0 Å². The van der Waals surface area contributed by atoms with E-state index in [1.807, 2.05) is 91.0 Å². The van der Waals surface area contributed by atoms with E-state index < -0.39 is 38.3 Å². The maximum absolute atomic E-state index is 14.1. The zero-order valence-corrected chi connectivity index (χ0v) is 26.5. The Kier molecular flexibility index (Phi) is 9.92. The van der Waals surface area contributed by atoms with E-state index in [0.29, 0.717) is 0 Å². The molecule has 3 aromatic rings. The van der Waals surface area contributed by atoms with Gasteiger partial charge in [-0.15, -0.1) is 0 Å². The van der Waals surface area contributed by atoms with E-state index in [9.17, 15) is 9.59 Å². The summed E-state index contributed by atoms with van der Waals surface area (Å²) in [4.78, 5) is 28.9. The van der Waals surface area contributed by atoms with Crippen molar-refractivity contribution in [2.45, 2.75) is 76.8 Å². The number of carbonyl (C=O) groups is 2. The molecule has 42 heavy (non-hydrogen) atoms. The summed E-state index contributed by atoms with van der Waals surface area (Å²) in [6.07, 6.45) is -1.32. The first kappa shape index (κ1) is 31.5. The zero-order chi connectivity index (χ0) is 30.4. The second kappa shape index (κ2) is 13.2. The van der Waals surface area contributed by atoms with Crippen molar-refractivity contribution in [3.05, 3.63) is 108 Å². The van der Waals surface area contributed by atoms with Gasteiger partial charge < -0.3 is 18.6 Å². The number of morpholine rings is 1. The highest BCUT2D eigenvalue weighted by Gasteiger charge is 2.55. The molecule has 0 radical (unpaired) electrons. The van der Waals surface area contributed by atoms with Gasteiger partial charge >= 0.3 is 12.1 Å². The van der Waals surface area contributed by atoms with Crippen LogP contribution in [0, 0.1) is 0 Å². The van der Waals surface area contributed by atoms with Crippen LogP contribution in [0.25, 0.3) is 0 Å². The van der Waals surface area contributed by atoms with Crippen LogP contribution in [0.4, 0.5) is 4.79 Å². The van der Waals surface area contributed by atoms with Crippen LogP contribution in [0.3, 0.4) is 0 Å². The average molecular weight is 590 g/mol. The number of nitrogens with zero attached hydrogens (tertiary/aromatic N) is 1. The number of hydrogen-bond acceptors (Lipinski definition) is 6. The fourth-order valence-electron chi connectivity index (χ4n) is 4.97. The minimum atomic E-state index is -2.53. The Morgan fingerprint density at radius 1 is 0.881 bits per heavy atom. The summed E-state index contributed by atoms with van der Waals surface area (Å²) < 4.78 is 25.3. The smallest absolute Gasteiger partial charge is 0.410 e. The molecule has 1 amide bonds. The molecule has 1 aliphatic heterocycles. The normalized spacial score (nSPS) is 21.0. The van der Waals surface area contributed by atoms with Crippen LogP contribution >= 0.6 is 0 Å². The SMILES string of the molecule is CCOC(=O)C[C@@]1(O[Si](C)(C)C(C)(C)C)CN(C(=O)OCc2ccccc2)[C@H](c2ccccc2)[C@H](c2ccccc2)O1. The van der Waals surface area contributed by atoms with E-state index in [4.69, 9.17) is 18.6 Å². The summed E-state index contributed by atoms with van der Waals surface area (Å²) in [5.74, 6) is -1.90. The van der Waals surface area contributed by atoms with Crippen LogP contribution in [0.15, 0.2) is 91.0 Å². The largest absolute Gasteiger partial charge is 0.466 e. The predicted octanol–water partition coefficient (Wildman–Crippen LogP) is 7.81. The summed E-state index contributed by atoms with van der Waals surface area (Å²) >= 11 is 0. The van der Waals surface area contributed by atoms with Crippen molar-refractivity contribution in [3.63, 3.8) is 0 Å². The van der Waals surface area contributed by atoms with E-state index in [-0.39, 0.29) is 31.2 Å². The summed E-state index contributed by atoms with van der Waals surface area (Å²) in [6.45, 7) is 12.7. The number of esters is 1. The summed E-state index contributed by atoms with van der Waals surface area (Å²) in [7, 11) is -2.53. The van der Waals surface area contributed by atoms with Gasteiger partial charge in [0.2, 0.25) is 0 Å². The fraction of sp³-hybridized carbons (Fsp3) is 0.412. The van der Waals surface area contributed by atoms with Gasteiger partial charge in [-0.1, -0.05) is 112 Å². The molecule has 3 atom stereocenters. The average Bonchev–Trinajstić information content (AvgIpc) is 2.96. The Balaban J connectivity index is 1.84. The van der Waals surface area contributed by atoms with E-state index in [1.54, 1.807) is 11.8 Å². The van der Waals surface area contributed by atoms with Gasteiger partial charge in [0.1, 0.15) is 19.1 Å². The van der Waals surface area contributed by atoms with Gasteiger partial charge in [-0.25, -0.2) is 4.79 Å². The van der Waals surface area contributed by atoms with Gasteiger partial charge in [-0.3, -0.25) is 9.69 Å². The number of amides is 1. The number of carbonyl (C=O) groups excluding carboxylic acids is 2. The van der Waals surface area contributed by atoms with E-state index >= 15 is 0 Å². The molecule has 0 aliphatic carbocycles. The second-order valence-corrected chi connectivity index (χ2v) is 17.0. The van der Waals surface area contributed by atoms with Crippen molar-refractivity contribution in [1.82, 2.24) is 4.90 Å². The molecule has 7 nitrogen and oxygen atoms in total. The molecule has 1 fully saturated rings. The molecular weight excluding hydrogens is 546 g/mol. The fourth-order valence-corrected chi connectivity index (χ4v) is 6.39. The highest BCUT2D eigenvalue weighted by Crippen LogP contribution is 2.49. The number of ether oxygens (including phenoxy) is 3. The van der Waals surface area contributed by atoms with E-state index in [1.165, 1.54) is 0 Å². The van der Waals surface area contributed by atoms with Gasteiger partial charge in [-0.2, -0.15) is 0 Å². The van der Waals surface area contributed by atoms with Gasteiger partial charge in [0, 0.05) is 0 Å². The van der Waals surface area contributed by atoms with Gasteiger partial charge in [0.25, 0.3) is 0 Å².